The van der Waals surface area contributed by atoms with Crippen LogP contribution in [0.25, 0.3) is 11.3 Å². The Kier molecular flexibility index (Phi) is 3.52. The molecule has 4 rings (SSSR count). The molecule has 1 atom stereocenters. The van der Waals surface area contributed by atoms with Crippen molar-refractivity contribution in [1.82, 2.24) is 9.78 Å². The molecule has 2 aromatic rings. The maximum Gasteiger partial charge on any atom is 0.198 e. The minimum atomic E-state index is -0.490. The van der Waals surface area contributed by atoms with Crippen molar-refractivity contribution in [3.05, 3.63) is 63.9 Å². The molecule has 1 heterocycles. The summed E-state index contributed by atoms with van der Waals surface area (Å²) in [4.78, 5) is 12.4. The van der Waals surface area contributed by atoms with Crippen molar-refractivity contribution in [1.29, 1.82) is 5.26 Å². The summed E-state index contributed by atoms with van der Waals surface area (Å²) in [6, 6.07) is 10.5. The van der Waals surface area contributed by atoms with Crippen molar-refractivity contribution in [3.63, 3.8) is 0 Å². The lowest BCUT2D eigenvalue weighted by atomic mass is 9.65. The number of fused-ring (bicyclic) bond motifs is 3. The van der Waals surface area contributed by atoms with Gasteiger partial charge in [-0.1, -0.05) is 23.8 Å². The lowest BCUT2D eigenvalue weighted by molar-refractivity contribution is -0.112. The fraction of sp³-hybridized carbons (Fsp3) is 0.318. The van der Waals surface area contributed by atoms with Crippen LogP contribution in [0.5, 0.6) is 0 Å². The van der Waals surface area contributed by atoms with Gasteiger partial charge >= 0.3 is 0 Å². The molecule has 0 spiro atoms. The van der Waals surface area contributed by atoms with E-state index in [4.69, 9.17) is 5.10 Å². The maximum atomic E-state index is 12.4. The van der Waals surface area contributed by atoms with E-state index in [9.17, 15) is 10.1 Å². The number of hydrogen-bond acceptors (Lipinski definition) is 3. The van der Waals surface area contributed by atoms with Gasteiger partial charge in [0.2, 0.25) is 0 Å². The molecule has 0 N–H and O–H groups in total. The molecule has 0 saturated carbocycles. The molecule has 4 nitrogen and oxygen atoms in total. The SMILES string of the molecule is CC1=C2CCc3c(nn(C)c3-c3cccc(C)c3)C2(C)C=C(C#N)C1=O. The number of nitriles is 1. The molecule has 0 bridgehead atoms. The van der Waals surface area contributed by atoms with Crippen molar-refractivity contribution in [2.45, 2.75) is 39.0 Å². The van der Waals surface area contributed by atoms with Gasteiger partial charge in [-0.2, -0.15) is 10.4 Å². The minimum absolute atomic E-state index is 0.140. The van der Waals surface area contributed by atoms with Crippen LogP contribution >= 0.6 is 0 Å². The second-order valence-electron chi connectivity index (χ2n) is 7.47. The first-order chi connectivity index (χ1) is 12.4. The summed E-state index contributed by atoms with van der Waals surface area (Å²) in [5.74, 6) is -0.140. The molecule has 130 valence electrons. The predicted octanol–water partition coefficient (Wildman–Crippen LogP) is 3.95. The predicted molar refractivity (Wildman–Crippen MR) is 100 cm³/mol. The van der Waals surface area contributed by atoms with Gasteiger partial charge in [0.05, 0.1) is 22.4 Å². The zero-order chi connectivity index (χ0) is 18.6. The Balaban J connectivity index is 1.98. The number of ketones is 1. The number of aryl methyl sites for hydroxylation is 2. The molecule has 0 saturated heterocycles. The highest BCUT2D eigenvalue weighted by Crippen LogP contribution is 2.48. The first kappa shape index (κ1) is 16.5. The first-order valence-electron chi connectivity index (χ1n) is 8.88. The number of rotatable bonds is 1. The molecule has 4 heteroatoms. The largest absolute Gasteiger partial charge is 0.288 e. The third-order valence-corrected chi connectivity index (χ3v) is 5.77. The molecule has 2 aliphatic rings. The van der Waals surface area contributed by atoms with Gasteiger partial charge in [-0.05, 0) is 56.9 Å². The summed E-state index contributed by atoms with van der Waals surface area (Å²) in [5, 5.41) is 14.3. The summed E-state index contributed by atoms with van der Waals surface area (Å²) in [6.45, 7) is 6.02. The Morgan fingerprint density at radius 2 is 2.04 bits per heavy atom. The molecule has 0 aliphatic heterocycles. The van der Waals surface area contributed by atoms with E-state index in [-0.39, 0.29) is 11.4 Å². The van der Waals surface area contributed by atoms with Crippen molar-refractivity contribution >= 4 is 5.78 Å². The van der Waals surface area contributed by atoms with Crippen LogP contribution in [0.15, 0.2) is 47.1 Å². The Hall–Kier alpha value is -2.93. The average Bonchev–Trinajstić information content (AvgIpc) is 2.95. The minimum Gasteiger partial charge on any atom is -0.288 e. The summed E-state index contributed by atoms with van der Waals surface area (Å²) in [6.07, 6.45) is 3.50. The van der Waals surface area contributed by atoms with Gasteiger partial charge < -0.3 is 0 Å². The van der Waals surface area contributed by atoms with Crippen LogP contribution in [0, 0.1) is 18.3 Å². The standard InChI is InChI=1S/C22H21N3O/c1-13-6-5-7-15(10-13)19-17-8-9-18-14(2)20(26)16(12-23)11-22(18,3)21(17)24-25(19)4/h5-7,10-11H,8-9H2,1-4H3. The number of nitrogens with zero attached hydrogens (tertiary/aromatic N) is 3. The fourth-order valence-corrected chi connectivity index (χ4v) is 4.54. The molecule has 0 radical (unpaired) electrons. The highest BCUT2D eigenvalue weighted by molar-refractivity contribution is 6.12. The van der Waals surface area contributed by atoms with E-state index in [0.717, 1.165) is 35.4 Å². The molecule has 0 amide bonds. The number of hydrogen-bond donors (Lipinski definition) is 0. The summed E-state index contributed by atoms with van der Waals surface area (Å²) >= 11 is 0. The van der Waals surface area contributed by atoms with Crippen LogP contribution in [0.4, 0.5) is 0 Å². The topological polar surface area (TPSA) is 58.7 Å². The number of Topliss-reactive ketones (excluding diaryl/α,β-unsaturated/α-hetero) is 1. The second-order valence-corrected chi connectivity index (χ2v) is 7.47. The third-order valence-electron chi connectivity index (χ3n) is 5.77. The maximum absolute atomic E-state index is 12.4. The zero-order valence-corrected chi connectivity index (χ0v) is 15.6. The van der Waals surface area contributed by atoms with Gasteiger partial charge in [0.25, 0.3) is 0 Å². The van der Waals surface area contributed by atoms with Gasteiger partial charge in [-0.25, -0.2) is 0 Å². The van der Waals surface area contributed by atoms with Gasteiger partial charge in [0.15, 0.2) is 5.78 Å². The van der Waals surface area contributed by atoms with E-state index < -0.39 is 5.41 Å². The molecule has 26 heavy (non-hydrogen) atoms. The van der Waals surface area contributed by atoms with E-state index in [1.165, 1.54) is 11.1 Å². The number of allylic oxidation sites excluding steroid dienone is 4. The molecule has 1 aromatic heterocycles. The molecular weight excluding hydrogens is 322 g/mol. The molecule has 1 unspecified atom stereocenters. The van der Waals surface area contributed by atoms with Crippen molar-refractivity contribution in [2.75, 3.05) is 0 Å². The van der Waals surface area contributed by atoms with Crippen LogP contribution in [0.3, 0.4) is 0 Å². The Morgan fingerprint density at radius 1 is 1.27 bits per heavy atom. The van der Waals surface area contributed by atoms with Crippen LogP contribution in [0.1, 0.15) is 37.1 Å². The fourth-order valence-electron chi connectivity index (χ4n) is 4.54. The van der Waals surface area contributed by atoms with Gasteiger partial charge in [-0.3, -0.25) is 9.48 Å². The second kappa shape index (κ2) is 5.54. The number of benzene rings is 1. The van der Waals surface area contributed by atoms with Gasteiger partial charge in [0.1, 0.15) is 6.07 Å². The van der Waals surface area contributed by atoms with E-state index in [1.54, 1.807) is 0 Å². The third kappa shape index (κ3) is 2.13. The van der Waals surface area contributed by atoms with Crippen LogP contribution in [-0.4, -0.2) is 15.6 Å². The van der Waals surface area contributed by atoms with Gasteiger partial charge in [0, 0.05) is 18.2 Å². The van der Waals surface area contributed by atoms with E-state index in [2.05, 4.69) is 44.2 Å². The highest BCUT2D eigenvalue weighted by atomic mass is 16.1. The van der Waals surface area contributed by atoms with Crippen molar-refractivity contribution < 1.29 is 4.79 Å². The lowest BCUT2D eigenvalue weighted by Crippen LogP contribution is -2.34. The zero-order valence-electron chi connectivity index (χ0n) is 15.6. The summed E-state index contributed by atoms with van der Waals surface area (Å²) in [7, 11) is 1.97. The Labute approximate surface area is 153 Å². The van der Waals surface area contributed by atoms with Crippen LogP contribution in [-0.2, 0) is 23.7 Å². The van der Waals surface area contributed by atoms with E-state index in [1.807, 2.05) is 24.7 Å². The quantitative estimate of drug-likeness (QED) is 0.788. The highest BCUT2D eigenvalue weighted by Gasteiger charge is 2.44. The van der Waals surface area contributed by atoms with Crippen molar-refractivity contribution in [3.8, 4) is 17.3 Å². The Bertz CT molecular complexity index is 1060. The number of aromatic nitrogens is 2. The number of carbonyl (C=O) groups excluding carboxylic acids is 1. The van der Waals surface area contributed by atoms with E-state index >= 15 is 0 Å². The smallest absolute Gasteiger partial charge is 0.198 e. The molecule has 2 aliphatic carbocycles. The van der Waals surface area contributed by atoms with Crippen LogP contribution in [0.2, 0.25) is 0 Å². The Morgan fingerprint density at radius 3 is 2.73 bits per heavy atom. The number of carbonyl (C=O) groups is 1. The molecule has 0 fully saturated rings. The molecule has 1 aromatic carbocycles. The molecular formula is C22H21N3O. The normalized spacial score (nSPS) is 21.8. The van der Waals surface area contributed by atoms with E-state index in [0.29, 0.717) is 5.57 Å². The monoisotopic (exact) mass is 343 g/mol. The summed E-state index contributed by atoms with van der Waals surface area (Å²) in [5.41, 5.74) is 7.24. The first-order valence-corrected chi connectivity index (χ1v) is 8.88. The summed E-state index contributed by atoms with van der Waals surface area (Å²) < 4.78 is 1.94. The average molecular weight is 343 g/mol. The lowest BCUT2D eigenvalue weighted by Gasteiger charge is -2.37. The van der Waals surface area contributed by atoms with Crippen LogP contribution < -0.4 is 0 Å². The van der Waals surface area contributed by atoms with Gasteiger partial charge in [-0.15, -0.1) is 0 Å². The van der Waals surface area contributed by atoms with Crippen molar-refractivity contribution in [2.24, 2.45) is 7.05 Å².